The Hall–Kier alpha value is -2.67. The topological polar surface area (TPSA) is 89.5 Å². The van der Waals surface area contributed by atoms with Gasteiger partial charge < -0.3 is 15.0 Å². The van der Waals surface area contributed by atoms with Crippen molar-refractivity contribution < 1.29 is 9.90 Å². The summed E-state index contributed by atoms with van der Waals surface area (Å²) in [4.78, 5) is 36.2. The Morgan fingerprint density at radius 1 is 1.31 bits per heavy atom. The molecule has 7 heteroatoms. The summed E-state index contributed by atoms with van der Waals surface area (Å²) in [7, 11) is 0. The van der Waals surface area contributed by atoms with Crippen LogP contribution in [0.2, 0.25) is 0 Å². The van der Waals surface area contributed by atoms with E-state index in [0.29, 0.717) is 48.9 Å². The molecule has 2 aromatic rings. The van der Waals surface area contributed by atoms with Crippen molar-refractivity contribution in [3.8, 4) is 5.75 Å². The van der Waals surface area contributed by atoms with E-state index < -0.39 is 0 Å². The van der Waals surface area contributed by atoms with E-state index in [1.54, 1.807) is 11.8 Å². The molecule has 1 aromatic heterocycles. The number of likely N-dealkylation sites (tertiary alicyclic amines) is 1. The zero-order valence-electron chi connectivity index (χ0n) is 17.3. The molecule has 0 saturated carbocycles. The number of aromatic amines is 1. The number of H-pyrrole nitrogens is 1. The first-order valence-electron chi connectivity index (χ1n) is 10.2. The highest BCUT2D eigenvalue weighted by Gasteiger charge is 2.31. The predicted octanol–water partition coefficient (Wildman–Crippen LogP) is 2.33. The molecule has 29 heavy (non-hydrogen) atoms. The molecule has 1 aromatic carbocycles. The molecule has 0 unspecified atom stereocenters. The molecule has 4 rings (SSSR count). The van der Waals surface area contributed by atoms with E-state index in [2.05, 4.69) is 9.88 Å². The van der Waals surface area contributed by atoms with Crippen LogP contribution in [0.25, 0.3) is 0 Å². The first kappa shape index (κ1) is 19.6. The van der Waals surface area contributed by atoms with Crippen LogP contribution in [0, 0.1) is 13.8 Å². The minimum Gasteiger partial charge on any atom is -0.507 e. The summed E-state index contributed by atoms with van der Waals surface area (Å²) in [6, 6.07) is 4.00. The van der Waals surface area contributed by atoms with Crippen molar-refractivity contribution in [1.29, 1.82) is 0 Å². The number of hydrogen-bond donors (Lipinski definition) is 2. The van der Waals surface area contributed by atoms with E-state index in [9.17, 15) is 14.7 Å². The SMILES string of the molecule is CC(=O)N1CCc2c(nc([C@@H]3CCCN3Cc3cc(C)cc(C)c3O)[nH]c2=O)C1. The van der Waals surface area contributed by atoms with E-state index in [1.165, 1.54) is 0 Å². The van der Waals surface area contributed by atoms with Gasteiger partial charge in [-0.05, 0) is 45.2 Å². The molecule has 2 aliphatic heterocycles. The zero-order valence-corrected chi connectivity index (χ0v) is 17.3. The molecule has 1 saturated heterocycles. The number of hydrogen-bond acceptors (Lipinski definition) is 5. The van der Waals surface area contributed by atoms with Crippen LogP contribution in [0.5, 0.6) is 5.75 Å². The van der Waals surface area contributed by atoms with Crippen LogP contribution in [0.15, 0.2) is 16.9 Å². The lowest BCUT2D eigenvalue weighted by atomic mass is 10.0. The molecule has 2 aliphatic rings. The van der Waals surface area contributed by atoms with Gasteiger partial charge >= 0.3 is 0 Å². The number of carbonyl (C=O) groups excluding carboxylic acids is 1. The van der Waals surface area contributed by atoms with E-state index in [4.69, 9.17) is 4.98 Å². The Bertz CT molecular complexity index is 1010. The Morgan fingerprint density at radius 2 is 2.10 bits per heavy atom. The maximum atomic E-state index is 12.7. The van der Waals surface area contributed by atoms with Gasteiger partial charge in [0, 0.05) is 31.1 Å². The zero-order chi connectivity index (χ0) is 20.7. The van der Waals surface area contributed by atoms with Crippen LogP contribution in [-0.2, 0) is 24.3 Å². The number of nitrogens with one attached hydrogen (secondary N) is 1. The number of phenols is 1. The van der Waals surface area contributed by atoms with Gasteiger partial charge in [-0.3, -0.25) is 14.5 Å². The summed E-state index contributed by atoms with van der Waals surface area (Å²) in [6.07, 6.45) is 2.46. The van der Waals surface area contributed by atoms with Gasteiger partial charge in [-0.2, -0.15) is 0 Å². The van der Waals surface area contributed by atoms with Gasteiger partial charge in [-0.1, -0.05) is 17.7 Å². The van der Waals surface area contributed by atoms with Crippen molar-refractivity contribution >= 4 is 5.91 Å². The molecule has 0 bridgehead atoms. The number of nitrogens with zero attached hydrogens (tertiary/aromatic N) is 3. The number of benzene rings is 1. The number of phenolic OH excluding ortho intramolecular Hbond substituents is 1. The average Bonchev–Trinajstić information content (AvgIpc) is 3.13. The summed E-state index contributed by atoms with van der Waals surface area (Å²) in [5.74, 6) is 1.01. The van der Waals surface area contributed by atoms with Gasteiger partial charge in [0.2, 0.25) is 5.91 Å². The lowest BCUT2D eigenvalue weighted by molar-refractivity contribution is -0.129. The Kier molecular flexibility index (Phi) is 5.17. The molecule has 154 valence electrons. The first-order valence-corrected chi connectivity index (χ1v) is 10.2. The largest absolute Gasteiger partial charge is 0.507 e. The molecule has 1 fully saturated rings. The maximum absolute atomic E-state index is 12.7. The monoisotopic (exact) mass is 396 g/mol. The van der Waals surface area contributed by atoms with Crippen LogP contribution in [0.3, 0.4) is 0 Å². The van der Waals surface area contributed by atoms with Gasteiger partial charge in [0.25, 0.3) is 5.56 Å². The van der Waals surface area contributed by atoms with Gasteiger partial charge in [-0.15, -0.1) is 0 Å². The van der Waals surface area contributed by atoms with Crippen LogP contribution in [0.1, 0.15) is 59.6 Å². The second-order valence-electron chi connectivity index (χ2n) is 8.29. The third-order valence-corrected chi connectivity index (χ3v) is 6.11. The summed E-state index contributed by atoms with van der Waals surface area (Å²) in [5, 5.41) is 10.5. The Morgan fingerprint density at radius 3 is 2.86 bits per heavy atom. The molecule has 7 nitrogen and oxygen atoms in total. The van der Waals surface area contributed by atoms with Crippen molar-refractivity contribution in [2.24, 2.45) is 0 Å². The molecule has 0 radical (unpaired) electrons. The van der Waals surface area contributed by atoms with Crippen molar-refractivity contribution in [2.45, 2.75) is 59.2 Å². The second kappa shape index (κ2) is 7.63. The standard InChI is InChI=1S/C22H28N4O3/c1-13-9-14(2)20(28)16(10-13)11-26-7-4-5-19(26)21-23-18-12-25(15(3)27)8-6-17(18)22(29)24-21/h9-10,19,28H,4-8,11-12H2,1-3H3,(H,23,24,29)/t19-/m0/s1. The van der Waals surface area contributed by atoms with Gasteiger partial charge in [0.1, 0.15) is 11.6 Å². The molecule has 1 atom stereocenters. The Balaban J connectivity index is 1.63. The van der Waals surface area contributed by atoms with Gasteiger partial charge in [0.05, 0.1) is 18.3 Å². The number of aromatic nitrogens is 2. The van der Waals surface area contributed by atoms with E-state index in [-0.39, 0.29) is 17.5 Å². The fourth-order valence-corrected chi connectivity index (χ4v) is 4.60. The quantitative estimate of drug-likeness (QED) is 0.831. The van der Waals surface area contributed by atoms with Crippen molar-refractivity contribution in [2.75, 3.05) is 13.1 Å². The Labute approximate surface area is 170 Å². The highest BCUT2D eigenvalue weighted by molar-refractivity contribution is 5.73. The number of aromatic hydroxyl groups is 1. The molecule has 3 heterocycles. The molecule has 0 aliphatic carbocycles. The molecular formula is C22H28N4O3. The molecule has 0 spiro atoms. The van der Waals surface area contributed by atoms with Crippen LogP contribution in [0.4, 0.5) is 0 Å². The summed E-state index contributed by atoms with van der Waals surface area (Å²) in [6.45, 7) is 7.95. The third-order valence-electron chi connectivity index (χ3n) is 6.11. The number of rotatable bonds is 3. The molecule has 1 amide bonds. The molecule has 2 N–H and O–H groups in total. The van der Waals surface area contributed by atoms with Crippen molar-refractivity contribution in [1.82, 2.24) is 19.8 Å². The van der Waals surface area contributed by atoms with E-state index >= 15 is 0 Å². The second-order valence-corrected chi connectivity index (χ2v) is 8.29. The summed E-state index contributed by atoms with van der Waals surface area (Å²) >= 11 is 0. The smallest absolute Gasteiger partial charge is 0.254 e. The predicted molar refractivity (Wildman–Crippen MR) is 110 cm³/mol. The van der Waals surface area contributed by atoms with Crippen molar-refractivity contribution in [3.63, 3.8) is 0 Å². The van der Waals surface area contributed by atoms with Crippen LogP contribution in [-0.4, -0.2) is 43.9 Å². The number of carbonyl (C=O) groups is 1. The van der Waals surface area contributed by atoms with Crippen LogP contribution < -0.4 is 5.56 Å². The number of fused-ring (bicyclic) bond motifs is 1. The first-order chi connectivity index (χ1) is 13.8. The van der Waals surface area contributed by atoms with Crippen LogP contribution >= 0.6 is 0 Å². The maximum Gasteiger partial charge on any atom is 0.254 e. The van der Waals surface area contributed by atoms with Gasteiger partial charge in [-0.25, -0.2) is 4.98 Å². The van der Waals surface area contributed by atoms with Gasteiger partial charge in [0.15, 0.2) is 0 Å². The van der Waals surface area contributed by atoms with E-state index in [0.717, 1.165) is 36.1 Å². The normalized spacial score (nSPS) is 19.4. The van der Waals surface area contributed by atoms with E-state index in [1.807, 2.05) is 26.0 Å². The highest BCUT2D eigenvalue weighted by atomic mass is 16.3. The number of aryl methyl sites for hydroxylation is 2. The minimum absolute atomic E-state index is 0.000855. The fraction of sp³-hybridized carbons (Fsp3) is 0.500. The lowest BCUT2D eigenvalue weighted by Gasteiger charge is -2.29. The number of amides is 1. The average molecular weight is 396 g/mol. The van der Waals surface area contributed by atoms with Crippen molar-refractivity contribution in [3.05, 3.63) is 56.3 Å². The lowest BCUT2D eigenvalue weighted by Crippen LogP contribution is -2.39. The third kappa shape index (κ3) is 3.79. The molecular weight excluding hydrogens is 368 g/mol. The minimum atomic E-state index is -0.0886. The summed E-state index contributed by atoms with van der Waals surface area (Å²) in [5.41, 5.74) is 4.22. The highest BCUT2D eigenvalue weighted by Crippen LogP contribution is 2.34. The summed E-state index contributed by atoms with van der Waals surface area (Å²) < 4.78 is 0. The fourth-order valence-electron chi connectivity index (χ4n) is 4.60.